The molecule has 0 saturated heterocycles. The van der Waals surface area contributed by atoms with Gasteiger partial charge in [-0.25, -0.2) is 13.1 Å². The molecule has 3 heterocycles. The van der Waals surface area contributed by atoms with Gasteiger partial charge in [-0.15, -0.1) is 11.3 Å². The Bertz CT molecular complexity index is 1230. The molecule has 0 spiro atoms. The number of ether oxygens (including phenoxy) is 1. The third-order valence-electron chi connectivity index (χ3n) is 4.20. The molecule has 4 aromatic rings. The summed E-state index contributed by atoms with van der Waals surface area (Å²) in [6.45, 7) is 1.75. The number of aryl methyl sites for hydroxylation is 1. The van der Waals surface area contributed by atoms with Crippen molar-refractivity contribution < 1.29 is 22.2 Å². The average Bonchev–Trinajstić information content (AvgIpc) is 3.47. The molecule has 10 heteroatoms. The third kappa shape index (κ3) is 4.09. The molecule has 0 aliphatic heterocycles. The van der Waals surface area contributed by atoms with Crippen molar-refractivity contribution in [3.8, 4) is 27.7 Å². The van der Waals surface area contributed by atoms with E-state index in [2.05, 4.69) is 15.0 Å². The zero-order chi connectivity index (χ0) is 20.4. The van der Waals surface area contributed by atoms with Crippen LogP contribution < -0.4 is 9.46 Å². The molecule has 4 rings (SSSR count). The van der Waals surface area contributed by atoms with Gasteiger partial charge in [0.2, 0.25) is 10.0 Å². The van der Waals surface area contributed by atoms with E-state index >= 15 is 0 Å². The van der Waals surface area contributed by atoms with Gasteiger partial charge in [0.15, 0.2) is 11.5 Å². The molecule has 0 amide bonds. The molecule has 1 N–H and O–H groups in total. The fourth-order valence-corrected chi connectivity index (χ4v) is 5.30. The van der Waals surface area contributed by atoms with E-state index in [1.165, 1.54) is 17.5 Å². The molecule has 150 valence electrons. The first-order valence-corrected chi connectivity index (χ1v) is 10.9. The van der Waals surface area contributed by atoms with Crippen LogP contribution in [0.2, 0.25) is 0 Å². The van der Waals surface area contributed by atoms with Crippen molar-refractivity contribution in [3.05, 3.63) is 59.2 Å². The monoisotopic (exact) mass is 431 g/mol. The van der Waals surface area contributed by atoms with Crippen LogP contribution in [0.4, 0.5) is 0 Å². The molecule has 8 nitrogen and oxygen atoms in total. The summed E-state index contributed by atoms with van der Waals surface area (Å²) in [6, 6.07) is 12.3. The number of nitrogens with one attached hydrogen (secondary N) is 1. The van der Waals surface area contributed by atoms with Crippen molar-refractivity contribution >= 4 is 21.4 Å². The van der Waals surface area contributed by atoms with Gasteiger partial charge < -0.3 is 13.8 Å². The first kappa shape index (κ1) is 19.4. The number of nitrogens with zero attached hydrogens (tertiary/aromatic N) is 2. The van der Waals surface area contributed by atoms with Gasteiger partial charge in [0, 0.05) is 22.6 Å². The van der Waals surface area contributed by atoms with Gasteiger partial charge in [0.05, 0.1) is 35.3 Å². The SMILES string of the molecule is COc1cccc(-c2cc(CNS(=O)(=O)c3cc(-c4ccno4)sc3C)no2)c1. The smallest absolute Gasteiger partial charge is 0.242 e. The Morgan fingerprint density at radius 2 is 2.00 bits per heavy atom. The predicted molar refractivity (Wildman–Crippen MR) is 107 cm³/mol. The maximum absolute atomic E-state index is 12.7. The van der Waals surface area contributed by atoms with Crippen molar-refractivity contribution in [1.82, 2.24) is 15.0 Å². The van der Waals surface area contributed by atoms with E-state index < -0.39 is 10.0 Å². The summed E-state index contributed by atoms with van der Waals surface area (Å²) in [7, 11) is -2.15. The lowest BCUT2D eigenvalue weighted by Gasteiger charge is -2.03. The normalized spacial score (nSPS) is 11.7. The minimum absolute atomic E-state index is 0.00271. The van der Waals surface area contributed by atoms with Crippen LogP contribution in [0.1, 0.15) is 10.6 Å². The Kier molecular flexibility index (Phi) is 5.22. The Hall–Kier alpha value is -2.95. The zero-order valence-electron chi connectivity index (χ0n) is 15.6. The van der Waals surface area contributed by atoms with Crippen LogP contribution in [-0.2, 0) is 16.6 Å². The standard InChI is InChI=1S/C19H17N3O5S2/c1-12-19(10-18(28-12)16-6-7-20-26-16)29(23,24)21-11-14-9-17(27-22-14)13-4-3-5-15(8-13)25-2/h3-10,21H,11H2,1-2H3. The second kappa shape index (κ2) is 7.82. The number of rotatable bonds is 7. The molecule has 0 fully saturated rings. The van der Waals surface area contributed by atoms with E-state index in [0.29, 0.717) is 32.7 Å². The van der Waals surface area contributed by atoms with Crippen LogP contribution in [0.5, 0.6) is 5.75 Å². The summed E-state index contributed by atoms with van der Waals surface area (Å²) in [4.78, 5) is 1.55. The summed E-state index contributed by atoms with van der Waals surface area (Å²) in [5.41, 5.74) is 1.26. The number of benzene rings is 1. The Morgan fingerprint density at radius 1 is 1.14 bits per heavy atom. The molecule has 1 aromatic carbocycles. The molecule has 0 atom stereocenters. The Balaban J connectivity index is 1.50. The van der Waals surface area contributed by atoms with Crippen molar-refractivity contribution in [3.63, 3.8) is 0 Å². The molecule has 0 bridgehead atoms. The van der Waals surface area contributed by atoms with Crippen molar-refractivity contribution in [2.24, 2.45) is 0 Å². The lowest BCUT2D eigenvalue weighted by molar-refractivity contribution is 0.412. The minimum atomic E-state index is -3.73. The number of sulfonamides is 1. The summed E-state index contributed by atoms with van der Waals surface area (Å²) in [5.74, 6) is 1.74. The highest BCUT2D eigenvalue weighted by molar-refractivity contribution is 7.89. The van der Waals surface area contributed by atoms with E-state index in [9.17, 15) is 8.42 Å². The van der Waals surface area contributed by atoms with Gasteiger partial charge in [-0.2, -0.15) is 0 Å². The van der Waals surface area contributed by atoms with Crippen molar-refractivity contribution in [1.29, 1.82) is 0 Å². The number of methoxy groups -OCH3 is 1. The molecule has 0 aliphatic rings. The lowest BCUT2D eigenvalue weighted by Crippen LogP contribution is -2.23. The van der Waals surface area contributed by atoms with Crippen molar-refractivity contribution in [2.45, 2.75) is 18.4 Å². The topological polar surface area (TPSA) is 107 Å². The van der Waals surface area contributed by atoms with Gasteiger partial charge in [-0.3, -0.25) is 0 Å². The third-order valence-corrected chi connectivity index (χ3v) is 6.92. The maximum atomic E-state index is 12.7. The number of hydrogen-bond acceptors (Lipinski definition) is 8. The van der Waals surface area contributed by atoms with E-state index in [0.717, 1.165) is 5.56 Å². The van der Waals surface area contributed by atoms with Gasteiger partial charge in [0.1, 0.15) is 5.75 Å². The van der Waals surface area contributed by atoms with Crippen LogP contribution in [0.25, 0.3) is 22.0 Å². The highest BCUT2D eigenvalue weighted by Crippen LogP contribution is 2.33. The average molecular weight is 431 g/mol. The van der Waals surface area contributed by atoms with Crippen LogP contribution in [0.3, 0.4) is 0 Å². The second-order valence-electron chi connectivity index (χ2n) is 6.15. The van der Waals surface area contributed by atoms with Crippen LogP contribution in [0, 0.1) is 6.92 Å². The summed E-state index contributed by atoms with van der Waals surface area (Å²) >= 11 is 1.33. The van der Waals surface area contributed by atoms with Gasteiger partial charge >= 0.3 is 0 Å². The first-order chi connectivity index (χ1) is 14.0. The Morgan fingerprint density at radius 3 is 2.76 bits per heavy atom. The zero-order valence-corrected chi connectivity index (χ0v) is 17.2. The van der Waals surface area contributed by atoms with Crippen LogP contribution in [-0.4, -0.2) is 25.8 Å². The fourth-order valence-electron chi connectivity index (χ4n) is 2.75. The number of thiophene rings is 1. The quantitative estimate of drug-likeness (QED) is 0.473. The summed E-state index contributed by atoms with van der Waals surface area (Å²) in [6.07, 6.45) is 1.52. The fraction of sp³-hybridized carbons (Fsp3) is 0.158. The van der Waals surface area contributed by atoms with Gasteiger partial charge in [-0.1, -0.05) is 22.4 Å². The molecule has 0 saturated carbocycles. The number of hydrogen-bond donors (Lipinski definition) is 1. The van der Waals surface area contributed by atoms with Gasteiger partial charge in [0.25, 0.3) is 0 Å². The summed E-state index contributed by atoms with van der Waals surface area (Å²) < 4.78 is 43.7. The highest BCUT2D eigenvalue weighted by Gasteiger charge is 2.22. The second-order valence-corrected chi connectivity index (χ2v) is 9.14. The van der Waals surface area contributed by atoms with E-state index in [1.54, 1.807) is 32.2 Å². The Labute approximate surface area is 171 Å². The van der Waals surface area contributed by atoms with Crippen LogP contribution >= 0.6 is 11.3 Å². The molecule has 3 aromatic heterocycles. The number of aromatic nitrogens is 2. The summed E-state index contributed by atoms with van der Waals surface area (Å²) in [5, 5.41) is 7.60. The van der Waals surface area contributed by atoms with Crippen molar-refractivity contribution in [2.75, 3.05) is 7.11 Å². The van der Waals surface area contributed by atoms with Gasteiger partial charge in [-0.05, 0) is 25.1 Å². The molecule has 0 aliphatic carbocycles. The molecular weight excluding hydrogens is 414 g/mol. The molecule has 0 radical (unpaired) electrons. The molecule has 29 heavy (non-hydrogen) atoms. The molecular formula is C19H17N3O5S2. The maximum Gasteiger partial charge on any atom is 0.242 e. The van der Waals surface area contributed by atoms with E-state index in [4.69, 9.17) is 13.8 Å². The predicted octanol–water partition coefficient (Wildman–Crippen LogP) is 3.85. The van der Waals surface area contributed by atoms with E-state index in [1.807, 2.05) is 24.3 Å². The molecule has 0 unspecified atom stereocenters. The first-order valence-electron chi connectivity index (χ1n) is 8.57. The highest BCUT2D eigenvalue weighted by atomic mass is 32.2. The van der Waals surface area contributed by atoms with Crippen LogP contribution in [0.15, 0.2) is 62.6 Å². The largest absolute Gasteiger partial charge is 0.497 e. The minimum Gasteiger partial charge on any atom is -0.497 e. The van der Waals surface area contributed by atoms with E-state index in [-0.39, 0.29) is 11.4 Å². The lowest BCUT2D eigenvalue weighted by atomic mass is 10.1.